The van der Waals surface area contributed by atoms with Crippen LogP contribution in [0.3, 0.4) is 0 Å². The van der Waals surface area contributed by atoms with Crippen molar-refractivity contribution in [2.75, 3.05) is 25.4 Å². The molecule has 0 unspecified atom stereocenters. The molecule has 0 aromatic rings. The molecule has 5 heteroatoms. The molecule has 0 atom stereocenters. The number of nitrogens with one attached hydrogen (secondary N) is 1. The highest BCUT2D eigenvalue weighted by atomic mass is 32.2. The van der Waals surface area contributed by atoms with Gasteiger partial charge in [-0.05, 0) is 37.6 Å². The van der Waals surface area contributed by atoms with E-state index >= 15 is 0 Å². The maximum Gasteiger partial charge on any atom is 0.214 e. The van der Waals surface area contributed by atoms with Gasteiger partial charge in [-0.15, -0.1) is 0 Å². The van der Waals surface area contributed by atoms with Gasteiger partial charge in [0.2, 0.25) is 10.0 Å². The molecule has 17 heavy (non-hydrogen) atoms. The molecular formula is C12H24N2O2S. The molecule has 4 nitrogen and oxygen atoms in total. The van der Waals surface area contributed by atoms with Crippen molar-refractivity contribution in [2.24, 2.45) is 5.41 Å². The zero-order chi connectivity index (χ0) is 12.5. The van der Waals surface area contributed by atoms with Crippen LogP contribution < -0.4 is 5.32 Å². The van der Waals surface area contributed by atoms with Gasteiger partial charge in [-0.25, -0.2) is 12.7 Å². The molecule has 0 bridgehead atoms. The van der Waals surface area contributed by atoms with Crippen LogP contribution in [0.5, 0.6) is 0 Å². The Labute approximate surface area is 105 Å². The van der Waals surface area contributed by atoms with Crippen molar-refractivity contribution in [1.29, 1.82) is 0 Å². The van der Waals surface area contributed by atoms with Gasteiger partial charge in [0.1, 0.15) is 0 Å². The fraction of sp³-hybridized carbons (Fsp3) is 1.00. The Morgan fingerprint density at radius 1 is 1.35 bits per heavy atom. The summed E-state index contributed by atoms with van der Waals surface area (Å²) in [6, 6.07) is 0.670. The van der Waals surface area contributed by atoms with Crippen molar-refractivity contribution in [2.45, 2.75) is 45.6 Å². The average molecular weight is 260 g/mol. The Morgan fingerprint density at radius 2 is 2.06 bits per heavy atom. The molecule has 1 heterocycles. The third-order valence-corrected chi connectivity index (χ3v) is 5.53. The van der Waals surface area contributed by atoms with E-state index in [-0.39, 0.29) is 5.41 Å². The number of rotatable bonds is 6. The molecule has 1 saturated carbocycles. The Kier molecular flexibility index (Phi) is 3.80. The van der Waals surface area contributed by atoms with Crippen molar-refractivity contribution >= 4 is 10.0 Å². The van der Waals surface area contributed by atoms with Crippen LogP contribution in [0.15, 0.2) is 0 Å². The van der Waals surface area contributed by atoms with Crippen molar-refractivity contribution in [3.63, 3.8) is 0 Å². The lowest BCUT2D eigenvalue weighted by Gasteiger charge is -2.19. The molecule has 2 fully saturated rings. The zero-order valence-electron chi connectivity index (χ0n) is 10.9. The van der Waals surface area contributed by atoms with Gasteiger partial charge >= 0.3 is 0 Å². The van der Waals surface area contributed by atoms with Crippen LogP contribution in [0.2, 0.25) is 0 Å². The van der Waals surface area contributed by atoms with Crippen LogP contribution in [0.4, 0.5) is 0 Å². The Hall–Kier alpha value is -0.130. The lowest BCUT2D eigenvalue weighted by atomic mass is 9.93. The van der Waals surface area contributed by atoms with E-state index in [1.165, 1.54) is 12.8 Å². The van der Waals surface area contributed by atoms with E-state index in [9.17, 15) is 8.42 Å². The van der Waals surface area contributed by atoms with Gasteiger partial charge in [0.25, 0.3) is 0 Å². The smallest absolute Gasteiger partial charge is 0.214 e. The monoisotopic (exact) mass is 260 g/mol. The average Bonchev–Trinajstić information content (AvgIpc) is 2.97. The lowest BCUT2D eigenvalue weighted by Crippen LogP contribution is -2.33. The fourth-order valence-corrected chi connectivity index (χ4v) is 3.96. The maximum absolute atomic E-state index is 12.1. The summed E-state index contributed by atoms with van der Waals surface area (Å²) in [5.74, 6) is 0.294. The SMILES string of the molecule is CC1(C)CCN(S(=O)(=O)CCCNC2CC2)C1. The number of sulfonamides is 1. The standard InChI is InChI=1S/C12H24N2O2S/c1-12(2)6-8-14(10-12)17(15,16)9-3-7-13-11-4-5-11/h11,13H,3-10H2,1-2H3. The largest absolute Gasteiger partial charge is 0.314 e. The highest BCUT2D eigenvalue weighted by Gasteiger charge is 2.35. The Morgan fingerprint density at radius 3 is 2.59 bits per heavy atom. The quantitative estimate of drug-likeness (QED) is 0.730. The molecule has 1 saturated heterocycles. The second-order valence-electron chi connectivity index (χ2n) is 6.15. The highest BCUT2D eigenvalue weighted by Crippen LogP contribution is 2.30. The summed E-state index contributed by atoms with van der Waals surface area (Å²) in [7, 11) is -3.02. The van der Waals surface area contributed by atoms with Gasteiger partial charge < -0.3 is 5.32 Å². The summed E-state index contributed by atoms with van der Waals surface area (Å²) in [4.78, 5) is 0. The molecule has 1 N–H and O–H groups in total. The van der Waals surface area contributed by atoms with Gasteiger partial charge in [-0.2, -0.15) is 0 Å². The van der Waals surface area contributed by atoms with Crippen LogP contribution in [0.1, 0.15) is 39.5 Å². The second-order valence-corrected chi connectivity index (χ2v) is 8.23. The molecular weight excluding hydrogens is 236 g/mol. The Bertz CT molecular complexity index is 361. The summed E-state index contributed by atoms with van der Waals surface area (Å²) in [6.07, 6.45) is 4.22. The minimum atomic E-state index is -3.02. The molecule has 1 aliphatic carbocycles. The summed E-state index contributed by atoms with van der Waals surface area (Å²) < 4.78 is 25.8. The second kappa shape index (κ2) is 4.86. The molecule has 1 aliphatic heterocycles. The first-order valence-electron chi connectivity index (χ1n) is 6.60. The first-order chi connectivity index (χ1) is 7.89. The van der Waals surface area contributed by atoms with Gasteiger partial charge in [0.05, 0.1) is 5.75 Å². The van der Waals surface area contributed by atoms with E-state index in [1.54, 1.807) is 4.31 Å². The molecule has 0 aromatic heterocycles. The summed E-state index contributed by atoms with van der Waals surface area (Å²) in [5.41, 5.74) is 0.152. The molecule has 2 aliphatic rings. The van der Waals surface area contributed by atoms with E-state index in [2.05, 4.69) is 19.2 Å². The van der Waals surface area contributed by atoms with Gasteiger partial charge in [0, 0.05) is 19.1 Å². The Balaban J connectivity index is 1.73. The fourth-order valence-electron chi connectivity index (χ4n) is 2.28. The van der Waals surface area contributed by atoms with Crippen LogP contribution in [-0.2, 0) is 10.0 Å². The maximum atomic E-state index is 12.1. The number of hydrogen-bond donors (Lipinski definition) is 1. The lowest BCUT2D eigenvalue weighted by molar-refractivity contribution is 0.375. The normalized spacial score (nSPS) is 25.3. The van der Waals surface area contributed by atoms with E-state index in [0.717, 1.165) is 19.4 Å². The highest BCUT2D eigenvalue weighted by molar-refractivity contribution is 7.89. The first kappa shape index (κ1) is 13.3. The van der Waals surface area contributed by atoms with Crippen molar-refractivity contribution in [3.05, 3.63) is 0 Å². The number of nitrogens with zero attached hydrogens (tertiary/aromatic N) is 1. The molecule has 0 radical (unpaired) electrons. The van der Waals surface area contributed by atoms with E-state index in [0.29, 0.717) is 24.9 Å². The summed E-state index contributed by atoms with van der Waals surface area (Å²) >= 11 is 0. The molecule has 0 aromatic carbocycles. The first-order valence-corrected chi connectivity index (χ1v) is 8.21. The zero-order valence-corrected chi connectivity index (χ0v) is 11.7. The predicted octanol–water partition coefficient (Wildman–Crippen LogP) is 1.19. The molecule has 0 spiro atoms. The van der Waals surface area contributed by atoms with E-state index in [1.807, 2.05) is 0 Å². The van der Waals surface area contributed by atoms with Gasteiger partial charge in [-0.1, -0.05) is 13.8 Å². The predicted molar refractivity (Wildman–Crippen MR) is 69.4 cm³/mol. The number of hydrogen-bond acceptors (Lipinski definition) is 3. The minimum Gasteiger partial charge on any atom is -0.314 e. The van der Waals surface area contributed by atoms with Crippen molar-refractivity contribution in [3.8, 4) is 0 Å². The van der Waals surface area contributed by atoms with Crippen LogP contribution >= 0.6 is 0 Å². The molecule has 100 valence electrons. The van der Waals surface area contributed by atoms with Gasteiger partial charge in [0.15, 0.2) is 0 Å². The van der Waals surface area contributed by atoms with Crippen LogP contribution in [0.25, 0.3) is 0 Å². The minimum absolute atomic E-state index is 0.152. The summed E-state index contributed by atoms with van der Waals surface area (Å²) in [5, 5.41) is 3.35. The van der Waals surface area contributed by atoms with Crippen molar-refractivity contribution < 1.29 is 8.42 Å². The van der Waals surface area contributed by atoms with E-state index in [4.69, 9.17) is 0 Å². The van der Waals surface area contributed by atoms with Crippen LogP contribution in [-0.4, -0.2) is 44.2 Å². The topological polar surface area (TPSA) is 49.4 Å². The van der Waals surface area contributed by atoms with E-state index < -0.39 is 10.0 Å². The molecule has 0 amide bonds. The van der Waals surface area contributed by atoms with Crippen molar-refractivity contribution in [1.82, 2.24) is 9.62 Å². The third kappa shape index (κ3) is 3.93. The third-order valence-electron chi connectivity index (χ3n) is 3.63. The summed E-state index contributed by atoms with van der Waals surface area (Å²) in [6.45, 7) is 6.49. The molecule has 2 rings (SSSR count). The van der Waals surface area contributed by atoms with Gasteiger partial charge in [-0.3, -0.25) is 0 Å². The van der Waals surface area contributed by atoms with Crippen LogP contribution in [0, 0.1) is 5.41 Å².